The van der Waals surface area contributed by atoms with Crippen molar-refractivity contribution in [3.8, 4) is 11.8 Å². The van der Waals surface area contributed by atoms with Gasteiger partial charge in [-0.2, -0.15) is 5.26 Å². The van der Waals surface area contributed by atoms with Gasteiger partial charge in [0.2, 0.25) is 0 Å². The number of para-hydroxylation sites is 1. The van der Waals surface area contributed by atoms with Gasteiger partial charge in [0.05, 0.1) is 42.5 Å². The van der Waals surface area contributed by atoms with E-state index in [2.05, 4.69) is 40.1 Å². The summed E-state index contributed by atoms with van der Waals surface area (Å²) in [6.45, 7) is 4.54. The Morgan fingerprint density at radius 2 is 1.91 bits per heavy atom. The number of carbonyl (C=O) groups is 2. The Balaban J connectivity index is 1.27. The maximum atomic E-state index is 13.6. The van der Waals surface area contributed by atoms with Crippen molar-refractivity contribution < 1.29 is 34.1 Å². The third-order valence-corrected chi connectivity index (χ3v) is 8.99. The van der Waals surface area contributed by atoms with Crippen LogP contribution in [0.15, 0.2) is 42.5 Å². The number of amides is 2. The molecule has 1 fully saturated rings. The fraction of sp³-hybridized carbons (Fsp3) is 0.414. The Morgan fingerprint density at radius 3 is 2.67 bits per heavy atom. The Morgan fingerprint density at radius 1 is 1.16 bits per heavy atom. The standard InChI is InChI=1S/C29H33N9O5/c1-27(2)10-11-43-21-17(8-5-9-18(21)27)24(40)35-20-14-38-26(32)34-19(22-28(38,29(20,41)42)37-25(31)36-22)13-33-23(39)16-7-4-3-6-15(16)12-30/h3-9,19-20,22,41-42H,10-11,13-14H2,1-2H3,(H7,31,32,33,34,35,36,37,39,40)/p+2/t19-,20?,22-,28-/m0/s1. The molecule has 4 heterocycles. The predicted molar refractivity (Wildman–Crippen MR) is 153 cm³/mol. The van der Waals surface area contributed by atoms with Crippen molar-refractivity contribution in [1.82, 2.24) is 21.3 Å². The van der Waals surface area contributed by atoms with Gasteiger partial charge in [-0.05, 0) is 30.0 Å². The molecule has 0 aliphatic carbocycles. The molecule has 6 rings (SSSR count). The third-order valence-electron chi connectivity index (χ3n) is 8.99. The van der Waals surface area contributed by atoms with E-state index in [4.69, 9.17) is 16.2 Å². The molecule has 4 aliphatic rings. The first-order chi connectivity index (χ1) is 20.4. The monoisotopic (exact) mass is 589 g/mol. The zero-order chi connectivity index (χ0) is 30.7. The van der Waals surface area contributed by atoms with E-state index in [0.717, 1.165) is 12.0 Å². The number of nitrogens with one attached hydrogen (secondary N) is 5. The van der Waals surface area contributed by atoms with Crippen molar-refractivity contribution in [2.24, 2.45) is 11.5 Å². The summed E-state index contributed by atoms with van der Waals surface area (Å²) >= 11 is 0. The summed E-state index contributed by atoms with van der Waals surface area (Å²) in [5.41, 5.74) is 12.3. The van der Waals surface area contributed by atoms with Crippen LogP contribution in [0.25, 0.3) is 0 Å². The van der Waals surface area contributed by atoms with Gasteiger partial charge in [-0.25, -0.2) is 9.89 Å². The molecule has 43 heavy (non-hydrogen) atoms. The minimum Gasteiger partial charge on any atom is -0.492 e. The maximum absolute atomic E-state index is 13.6. The van der Waals surface area contributed by atoms with Crippen molar-refractivity contribution in [3.63, 3.8) is 0 Å². The van der Waals surface area contributed by atoms with Crippen LogP contribution in [0.5, 0.6) is 5.75 Å². The number of rotatable bonds is 5. The van der Waals surface area contributed by atoms with Crippen LogP contribution >= 0.6 is 0 Å². The molecule has 2 aromatic carbocycles. The summed E-state index contributed by atoms with van der Waals surface area (Å²) in [5, 5.41) is 44.6. The second-order valence-electron chi connectivity index (χ2n) is 12.0. The highest BCUT2D eigenvalue weighted by Crippen LogP contribution is 2.41. The normalized spacial score (nSPS) is 27.6. The fourth-order valence-electron chi connectivity index (χ4n) is 6.67. The van der Waals surface area contributed by atoms with Gasteiger partial charge in [0, 0.05) is 5.56 Å². The van der Waals surface area contributed by atoms with Crippen molar-refractivity contribution in [3.05, 3.63) is 64.7 Å². The zero-order valence-electron chi connectivity index (χ0n) is 23.8. The van der Waals surface area contributed by atoms with Crippen LogP contribution in [0.1, 0.15) is 52.1 Å². The first-order valence-electron chi connectivity index (χ1n) is 14.0. The number of nitriles is 1. The van der Waals surface area contributed by atoms with Gasteiger partial charge in [-0.1, -0.05) is 38.1 Å². The van der Waals surface area contributed by atoms with E-state index in [9.17, 15) is 25.1 Å². The molecule has 1 unspecified atom stereocenters. The average molecular weight is 590 g/mol. The van der Waals surface area contributed by atoms with E-state index >= 15 is 0 Å². The van der Waals surface area contributed by atoms with E-state index in [1.54, 1.807) is 36.4 Å². The molecular formula is C29H35N9O5+2. The molecule has 14 heteroatoms. The van der Waals surface area contributed by atoms with Crippen LogP contribution in [0.2, 0.25) is 0 Å². The topological polar surface area (TPSA) is 225 Å². The molecule has 2 amide bonds. The third kappa shape index (κ3) is 4.23. The second-order valence-corrected chi connectivity index (χ2v) is 12.0. The Labute approximate surface area is 247 Å². The molecule has 14 nitrogen and oxygen atoms in total. The number of hydrogen-bond acceptors (Lipinski definition) is 10. The minimum absolute atomic E-state index is 0.0160. The van der Waals surface area contributed by atoms with Gasteiger partial charge < -0.3 is 25.6 Å². The SMILES string of the molecule is CC1(C)CCOc2c(C(=O)NC3C[N+]4=C(N)N[C@@H](CNC(=O)c5ccccc5C#N)[C@@H]5[NH+]=C(N)N[C@@]54C3(O)O)cccc21. The Bertz CT molecular complexity index is 1630. The highest BCUT2D eigenvalue weighted by atomic mass is 16.5. The molecule has 4 aliphatic heterocycles. The number of nitrogens with two attached hydrogens (primary N) is 2. The van der Waals surface area contributed by atoms with Crippen molar-refractivity contribution in [2.75, 3.05) is 19.7 Å². The first-order valence-corrected chi connectivity index (χ1v) is 14.0. The number of carbonyl (C=O) groups excluding carboxylic acids is 2. The van der Waals surface area contributed by atoms with Crippen molar-refractivity contribution in [1.29, 1.82) is 5.26 Å². The van der Waals surface area contributed by atoms with Crippen LogP contribution in [0.3, 0.4) is 0 Å². The predicted octanol–water partition coefficient (Wildman–Crippen LogP) is -3.80. The average Bonchev–Trinajstić information content (AvgIpc) is 3.44. The molecule has 224 valence electrons. The Hall–Kier alpha value is -4.87. The van der Waals surface area contributed by atoms with Crippen LogP contribution in [-0.2, 0) is 5.41 Å². The van der Waals surface area contributed by atoms with Crippen LogP contribution < -0.4 is 42.5 Å². The maximum Gasteiger partial charge on any atom is 0.347 e. The highest BCUT2D eigenvalue weighted by Gasteiger charge is 2.78. The number of guanidine groups is 2. The molecule has 1 spiro atoms. The molecular weight excluding hydrogens is 554 g/mol. The summed E-state index contributed by atoms with van der Waals surface area (Å²) < 4.78 is 7.42. The largest absolute Gasteiger partial charge is 0.492 e. The lowest BCUT2D eigenvalue weighted by molar-refractivity contribution is -0.674. The fourth-order valence-corrected chi connectivity index (χ4v) is 6.67. The number of ether oxygens (including phenoxy) is 1. The van der Waals surface area contributed by atoms with E-state index < -0.39 is 41.4 Å². The lowest BCUT2D eigenvalue weighted by Gasteiger charge is -2.41. The molecule has 11 N–H and O–H groups in total. The van der Waals surface area contributed by atoms with Crippen LogP contribution in [-0.4, -0.2) is 87.8 Å². The number of benzene rings is 2. The summed E-state index contributed by atoms with van der Waals surface area (Å²) in [6.07, 6.45) is 0.800. The molecule has 0 radical (unpaired) electrons. The van der Waals surface area contributed by atoms with Gasteiger partial charge in [0.25, 0.3) is 23.3 Å². The van der Waals surface area contributed by atoms with Crippen molar-refractivity contribution >= 4 is 23.7 Å². The Kier molecular flexibility index (Phi) is 6.48. The van der Waals surface area contributed by atoms with Gasteiger partial charge in [0.15, 0.2) is 6.04 Å². The highest BCUT2D eigenvalue weighted by molar-refractivity contribution is 5.98. The van der Waals surface area contributed by atoms with Gasteiger partial charge in [0.1, 0.15) is 17.8 Å². The van der Waals surface area contributed by atoms with Gasteiger partial charge >= 0.3 is 11.9 Å². The molecule has 4 atom stereocenters. The van der Waals surface area contributed by atoms with Crippen LogP contribution in [0, 0.1) is 11.3 Å². The van der Waals surface area contributed by atoms with Crippen molar-refractivity contribution in [2.45, 2.75) is 55.3 Å². The summed E-state index contributed by atoms with van der Waals surface area (Å²) in [4.78, 5) is 29.6. The second kappa shape index (κ2) is 9.85. The lowest BCUT2D eigenvalue weighted by Crippen LogP contribution is -2.92. The summed E-state index contributed by atoms with van der Waals surface area (Å²) in [6, 6.07) is 11.0. The number of fused-ring (bicyclic) bond motifs is 1. The molecule has 1 saturated heterocycles. The molecule has 0 saturated carbocycles. The first kappa shape index (κ1) is 28.3. The number of aliphatic hydroxyl groups is 2. The molecule has 0 aromatic heterocycles. The quantitative estimate of drug-likeness (QED) is 0.122. The van der Waals surface area contributed by atoms with Gasteiger partial charge in [-0.3, -0.25) is 31.4 Å². The number of nitrogens with zero attached hydrogens (tertiary/aromatic N) is 2. The number of hydrogen-bond donors (Lipinski definition) is 9. The zero-order valence-corrected chi connectivity index (χ0v) is 23.8. The van der Waals surface area contributed by atoms with Gasteiger partial charge in [-0.15, -0.1) is 0 Å². The van der Waals surface area contributed by atoms with E-state index in [0.29, 0.717) is 12.4 Å². The lowest BCUT2D eigenvalue weighted by atomic mass is 9.79. The molecule has 0 bridgehead atoms. The van der Waals surface area contributed by atoms with E-state index in [1.165, 1.54) is 4.58 Å². The smallest absolute Gasteiger partial charge is 0.347 e. The minimum atomic E-state index is -2.60. The summed E-state index contributed by atoms with van der Waals surface area (Å²) in [7, 11) is 0. The van der Waals surface area contributed by atoms with Crippen LogP contribution in [0.4, 0.5) is 0 Å². The molecule has 2 aromatic rings. The van der Waals surface area contributed by atoms with E-state index in [1.807, 2.05) is 12.1 Å². The van der Waals surface area contributed by atoms with E-state index in [-0.39, 0.29) is 47.1 Å². The summed E-state index contributed by atoms with van der Waals surface area (Å²) in [5.74, 6) is -2.99.